The maximum atomic E-state index is 12.8. The highest BCUT2D eigenvalue weighted by molar-refractivity contribution is 6.07. The zero-order chi connectivity index (χ0) is 17.6. The molecule has 5 nitrogen and oxygen atoms in total. The first kappa shape index (κ1) is 16.1. The van der Waals surface area contributed by atoms with Crippen molar-refractivity contribution in [1.29, 1.82) is 0 Å². The maximum absolute atomic E-state index is 12.8. The lowest BCUT2D eigenvalue weighted by atomic mass is 10.1. The molecular weight excluding hydrogens is 321 g/mol. The normalized spacial score (nSPS) is 11.9. The van der Waals surface area contributed by atoms with E-state index < -0.39 is 11.7 Å². The predicted molar refractivity (Wildman–Crippen MR) is 83.9 cm³/mol. The maximum Gasteiger partial charge on any atom is 0.416 e. The summed E-state index contributed by atoms with van der Waals surface area (Å²) in [6.45, 7) is 0. The lowest BCUT2D eigenvalue weighted by Gasteiger charge is -2.17. The number of aromatic nitrogens is 3. The molecule has 126 valence electrons. The molecule has 0 N–H and O–H groups in total. The zero-order valence-electron chi connectivity index (χ0n) is 13.3. The van der Waals surface area contributed by atoms with Gasteiger partial charge in [-0.3, -0.25) is 14.4 Å². The van der Waals surface area contributed by atoms with E-state index in [-0.39, 0.29) is 5.91 Å². The van der Waals surface area contributed by atoms with E-state index in [0.717, 1.165) is 12.1 Å². The molecule has 3 aromatic rings. The van der Waals surface area contributed by atoms with E-state index in [9.17, 15) is 18.0 Å². The van der Waals surface area contributed by atoms with Gasteiger partial charge in [0.25, 0.3) is 5.91 Å². The second-order valence-corrected chi connectivity index (χ2v) is 5.54. The van der Waals surface area contributed by atoms with E-state index in [4.69, 9.17) is 0 Å². The quantitative estimate of drug-likeness (QED) is 0.721. The Labute approximate surface area is 135 Å². The minimum absolute atomic E-state index is 0.299. The van der Waals surface area contributed by atoms with Crippen LogP contribution in [0.2, 0.25) is 0 Å². The van der Waals surface area contributed by atoms with Crippen LogP contribution >= 0.6 is 0 Å². The summed E-state index contributed by atoms with van der Waals surface area (Å²) in [6.07, 6.45) is -2.85. The highest BCUT2D eigenvalue weighted by Crippen LogP contribution is 2.32. The molecule has 0 aliphatic carbocycles. The van der Waals surface area contributed by atoms with Crippen molar-refractivity contribution in [3.63, 3.8) is 0 Å². The van der Waals surface area contributed by atoms with Crippen molar-refractivity contribution in [3.8, 4) is 0 Å². The molecule has 0 bridgehead atoms. The molecule has 0 saturated heterocycles. The van der Waals surface area contributed by atoms with Gasteiger partial charge >= 0.3 is 6.18 Å². The lowest BCUT2D eigenvalue weighted by Crippen LogP contribution is -2.29. The van der Waals surface area contributed by atoms with E-state index in [0.29, 0.717) is 22.4 Å². The Hall–Kier alpha value is -2.77. The van der Waals surface area contributed by atoms with Gasteiger partial charge in [0.05, 0.1) is 11.8 Å². The summed E-state index contributed by atoms with van der Waals surface area (Å²) in [5, 5.41) is 4.38. The van der Waals surface area contributed by atoms with Crippen LogP contribution in [0.5, 0.6) is 0 Å². The van der Waals surface area contributed by atoms with Crippen LogP contribution in [-0.2, 0) is 20.3 Å². The fourth-order valence-corrected chi connectivity index (χ4v) is 2.70. The summed E-state index contributed by atoms with van der Waals surface area (Å²) in [5.74, 6) is 0.257. The number of hydrogen-bond acceptors (Lipinski definition) is 2. The van der Waals surface area contributed by atoms with Crippen LogP contribution in [0.1, 0.15) is 16.1 Å². The monoisotopic (exact) mass is 336 g/mol. The SMILES string of the molecule is CN(C(=O)c1cc2cc(C(F)(F)F)ccc2n1C)c1ccnn1C. The topological polar surface area (TPSA) is 43.1 Å². The summed E-state index contributed by atoms with van der Waals surface area (Å²) in [7, 11) is 4.95. The fraction of sp³-hybridized carbons (Fsp3) is 0.250. The van der Waals surface area contributed by atoms with Crippen LogP contribution in [0.3, 0.4) is 0 Å². The number of alkyl halides is 3. The van der Waals surface area contributed by atoms with Crippen LogP contribution in [0, 0.1) is 0 Å². The van der Waals surface area contributed by atoms with Gasteiger partial charge in [0.15, 0.2) is 0 Å². The van der Waals surface area contributed by atoms with Crippen LogP contribution < -0.4 is 4.90 Å². The Morgan fingerprint density at radius 2 is 1.88 bits per heavy atom. The molecule has 0 fully saturated rings. The largest absolute Gasteiger partial charge is 0.416 e. The van der Waals surface area contributed by atoms with Crippen molar-refractivity contribution in [3.05, 3.63) is 47.8 Å². The van der Waals surface area contributed by atoms with Crippen molar-refractivity contribution < 1.29 is 18.0 Å². The third-order valence-corrected chi connectivity index (χ3v) is 4.03. The number of anilines is 1. The minimum atomic E-state index is -4.42. The summed E-state index contributed by atoms with van der Waals surface area (Å²) in [5.41, 5.74) is 0.123. The molecule has 0 radical (unpaired) electrons. The summed E-state index contributed by atoms with van der Waals surface area (Å²) in [6, 6.07) is 6.60. The number of carbonyl (C=O) groups excluding carboxylic acids is 1. The molecule has 3 rings (SSSR count). The van der Waals surface area contributed by atoms with Crippen molar-refractivity contribution in [2.75, 3.05) is 11.9 Å². The summed E-state index contributed by atoms with van der Waals surface area (Å²) >= 11 is 0. The standard InChI is InChI=1S/C16H15F3N4O/c1-21-12-5-4-11(16(17,18)19)8-10(12)9-13(21)15(24)22(2)14-6-7-20-23(14)3/h4-9H,1-3H3. The number of halogens is 3. The predicted octanol–water partition coefficient (Wildman–Crippen LogP) is 3.21. The zero-order valence-corrected chi connectivity index (χ0v) is 13.3. The molecule has 0 atom stereocenters. The van der Waals surface area contributed by atoms with Crippen LogP contribution in [-0.4, -0.2) is 27.3 Å². The number of nitrogens with zero attached hydrogens (tertiary/aromatic N) is 4. The van der Waals surface area contributed by atoms with Gasteiger partial charge < -0.3 is 4.57 Å². The van der Waals surface area contributed by atoms with E-state index in [1.807, 2.05) is 0 Å². The van der Waals surface area contributed by atoms with Gasteiger partial charge in [0.1, 0.15) is 11.5 Å². The smallest absolute Gasteiger partial charge is 0.340 e. The molecule has 0 unspecified atom stereocenters. The first-order valence-corrected chi connectivity index (χ1v) is 7.13. The lowest BCUT2D eigenvalue weighted by molar-refractivity contribution is -0.137. The molecule has 0 spiro atoms. The van der Waals surface area contributed by atoms with Gasteiger partial charge in [-0.25, -0.2) is 0 Å². The second kappa shape index (κ2) is 5.40. The molecule has 2 aromatic heterocycles. The Morgan fingerprint density at radius 1 is 1.17 bits per heavy atom. The van der Waals surface area contributed by atoms with E-state index in [2.05, 4.69) is 5.10 Å². The van der Waals surface area contributed by atoms with Crippen molar-refractivity contribution in [2.24, 2.45) is 14.1 Å². The Bertz CT molecular complexity index is 923. The third-order valence-electron chi connectivity index (χ3n) is 4.03. The number of amides is 1. The summed E-state index contributed by atoms with van der Waals surface area (Å²) < 4.78 is 41.7. The highest BCUT2D eigenvalue weighted by atomic mass is 19.4. The minimum Gasteiger partial charge on any atom is -0.340 e. The first-order chi connectivity index (χ1) is 11.2. The first-order valence-electron chi connectivity index (χ1n) is 7.13. The average molecular weight is 336 g/mol. The Balaban J connectivity index is 2.05. The Kier molecular flexibility index (Phi) is 3.62. The molecule has 0 aliphatic heterocycles. The molecule has 2 heterocycles. The summed E-state index contributed by atoms with van der Waals surface area (Å²) in [4.78, 5) is 14.1. The van der Waals surface area contributed by atoms with Gasteiger partial charge in [-0.2, -0.15) is 18.3 Å². The van der Waals surface area contributed by atoms with Crippen molar-refractivity contribution in [1.82, 2.24) is 14.3 Å². The van der Waals surface area contributed by atoms with Gasteiger partial charge in [-0.05, 0) is 24.3 Å². The molecule has 0 saturated carbocycles. The number of hydrogen-bond donors (Lipinski definition) is 0. The van der Waals surface area contributed by atoms with Crippen LogP contribution in [0.25, 0.3) is 10.9 Å². The molecular formula is C16H15F3N4O. The Morgan fingerprint density at radius 3 is 2.46 bits per heavy atom. The molecule has 1 aromatic carbocycles. The van der Waals surface area contributed by atoms with Gasteiger partial charge in [-0.1, -0.05) is 0 Å². The number of fused-ring (bicyclic) bond motifs is 1. The molecule has 0 aliphatic rings. The third kappa shape index (κ3) is 2.53. The molecule has 24 heavy (non-hydrogen) atoms. The fourth-order valence-electron chi connectivity index (χ4n) is 2.70. The van der Waals surface area contributed by atoms with E-state index in [1.165, 1.54) is 17.0 Å². The van der Waals surface area contributed by atoms with E-state index in [1.54, 1.807) is 42.7 Å². The number of aryl methyl sites for hydroxylation is 2. The highest BCUT2D eigenvalue weighted by Gasteiger charge is 2.31. The average Bonchev–Trinajstić information content (AvgIpc) is 3.08. The molecule has 8 heteroatoms. The van der Waals surface area contributed by atoms with Crippen LogP contribution in [0.4, 0.5) is 19.0 Å². The number of benzene rings is 1. The van der Waals surface area contributed by atoms with Gasteiger partial charge in [-0.15, -0.1) is 0 Å². The molecule has 1 amide bonds. The van der Waals surface area contributed by atoms with Gasteiger partial charge in [0.2, 0.25) is 0 Å². The second-order valence-electron chi connectivity index (χ2n) is 5.54. The van der Waals surface area contributed by atoms with Crippen molar-refractivity contribution in [2.45, 2.75) is 6.18 Å². The van der Waals surface area contributed by atoms with Gasteiger partial charge in [0, 0.05) is 38.1 Å². The van der Waals surface area contributed by atoms with E-state index >= 15 is 0 Å². The van der Waals surface area contributed by atoms with Crippen LogP contribution in [0.15, 0.2) is 36.5 Å². The number of rotatable bonds is 2. The van der Waals surface area contributed by atoms with Crippen molar-refractivity contribution >= 4 is 22.6 Å². The number of carbonyl (C=O) groups is 1.